The first-order chi connectivity index (χ1) is 15.2. The molecule has 166 valence electrons. The third kappa shape index (κ3) is 5.44. The van der Waals surface area contributed by atoms with E-state index in [0.717, 1.165) is 23.9 Å². The van der Waals surface area contributed by atoms with Crippen molar-refractivity contribution in [1.29, 1.82) is 0 Å². The van der Waals surface area contributed by atoms with Crippen LogP contribution in [0.3, 0.4) is 0 Å². The van der Waals surface area contributed by atoms with Gasteiger partial charge in [0.1, 0.15) is 11.5 Å². The Hall–Kier alpha value is -3.40. The maximum atomic E-state index is 13.8. The van der Waals surface area contributed by atoms with Crippen molar-refractivity contribution in [1.82, 2.24) is 0 Å². The van der Waals surface area contributed by atoms with Crippen molar-refractivity contribution in [2.24, 2.45) is 0 Å². The zero-order chi connectivity index (χ0) is 23.4. The highest BCUT2D eigenvalue weighted by Crippen LogP contribution is 2.29. The van der Waals surface area contributed by atoms with E-state index in [4.69, 9.17) is 0 Å². The molecule has 0 aliphatic heterocycles. The van der Waals surface area contributed by atoms with E-state index in [0.29, 0.717) is 10.6 Å². The van der Waals surface area contributed by atoms with Crippen LogP contribution in [0.25, 0.3) is 0 Å². The molecule has 0 fully saturated rings. The van der Waals surface area contributed by atoms with Crippen LogP contribution in [0.2, 0.25) is 0 Å². The smallest absolute Gasteiger partial charge is 0.255 e. The molecular formula is C22H15F5N2O2S. The second-order valence-electron chi connectivity index (χ2n) is 6.58. The van der Waals surface area contributed by atoms with E-state index in [9.17, 15) is 31.5 Å². The molecule has 0 spiro atoms. The van der Waals surface area contributed by atoms with Crippen LogP contribution in [0.4, 0.5) is 33.3 Å². The molecule has 2 amide bonds. The summed E-state index contributed by atoms with van der Waals surface area (Å²) in [4.78, 5) is 25.1. The van der Waals surface area contributed by atoms with E-state index in [1.807, 2.05) is 5.32 Å². The quantitative estimate of drug-likeness (QED) is 0.276. The summed E-state index contributed by atoms with van der Waals surface area (Å²) in [6, 6.07) is 11.4. The largest absolute Gasteiger partial charge is 0.322 e. The van der Waals surface area contributed by atoms with Gasteiger partial charge in [-0.1, -0.05) is 6.07 Å². The number of hydrogen-bond acceptors (Lipinski definition) is 3. The predicted molar refractivity (Wildman–Crippen MR) is 111 cm³/mol. The monoisotopic (exact) mass is 466 g/mol. The second kappa shape index (κ2) is 9.82. The van der Waals surface area contributed by atoms with Crippen LogP contribution in [-0.4, -0.2) is 17.1 Å². The van der Waals surface area contributed by atoms with Crippen molar-refractivity contribution in [3.05, 3.63) is 89.2 Å². The summed E-state index contributed by atoms with van der Waals surface area (Å²) in [5, 5.41) is 3.58. The molecule has 1 unspecified atom stereocenters. The van der Waals surface area contributed by atoms with Crippen molar-refractivity contribution < 1.29 is 31.5 Å². The molecule has 3 rings (SSSR count). The van der Waals surface area contributed by atoms with Crippen molar-refractivity contribution in [3.8, 4) is 0 Å². The van der Waals surface area contributed by atoms with E-state index >= 15 is 0 Å². The number of nitrogens with one attached hydrogen (secondary N) is 2. The number of rotatable bonds is 6. The minimum Gasteiger partial charge on any atom is -0.322 e. The maximum absolute atomic E-state index is 13.8. The van der Waals surface area contributed by atoms with Gasteiger partial charge < -0.3 is 10.6 Å². The van der Waals surface area contributed by atoms with Crippen LogP contribution in [-0.2, 0) is 4.79 Å². The fourth-order valence-electron chi connectivity index (χ4n) is 2.62. The summed E-state index contributed by atoms with van der Waals surface area (Å²) in [6.07, 6.45) is 0. The average molecular weight is 466 g/mol. The summed E-state index contributed by atoms with van der Waals surface area (Å²) >= 11 is 0.985. The van der Waals surface area contributed by atoms with Gasteiger partial charge in [0.05, 0.1) is 5.25 Å². The van der Waals surface area contributed by atoms with Gasteiger partial charge >= 0.3 is 0 Å². The van der Waals surface area contributed by atoms with E-state index in [2.05, 4.69) is 5.32 Å². The van der Waals surface area contributed by atoms with Crippen LogP contribution in [0, 0.1) is 29.1 Å². The SMILES string of the molecule is CC(Sc1cccc(NC(=O)c2ccc(F)cc2)c1)C(=O)Nc1c(F)c(F)cc(F)c1F. The minimum absolute atomic E-state index is 0.0459. The molecule has 0 bridgehead atoms. The normalized spacial score (nSPS) is 11.7. The fraction of sp³-hybridized carbons (Fsp3) is 0.0909. The fourth-order valence-corrected chi connectivity index (χ4v) is 3.54. The molecule has 0 aromatic heterocycles. The standard InChI is InChI=1S/C22H15F5N2O2S/c1-11(21(30)29-20-18(26)16(24)10-17(25)19(20)27)32-15-4-2-3-14(9-15)28-22(31)12-5-7-13(23)8-6-12/h2-11H,1H3,(H,28,31)(H,29,30). The van der Waals surface area contributed by atoms with Crippen LogP contribution in [0.5, 0.6) is 0 Å². The molecule has 32 heavy (non-hydrogen) atoms. The summed E-state index contributed by atoms with van der Waals surface area (Å²) in [5.74, 6) is -8.53. The Kier molecular flexibility index (Phi) is 7.14. The number of thioether (sulfide) groups is 1. The number of benzene rings is 3. The molecule has 10 heteroatoms. The first kappa shape index (κ1) is 23.3. The average Bonchev–Trinajstić information content (AvgIpc) is 2.75. The lowest BCUT2D eigenvalue weighted by atomic mass is 10.2. The van der Waals surface area contributed by atoms with Gasteiger partial charge in [0.25, 0.3) is 5.91 Å². The lowest BCUT2D eigenvalue weighted by molar-refractivity contribution is -0.115. The van der Waals surface area contributed by atoms with Crippen LogP contribution in [0.1, 0.15) is 17.3 Å². The maximum Gasteiger partial charge on any atom is 0.255 e. The topological polar surface area (TPSA) is 58.2 Å². The Morgan fingerprint density at radius 1 is 0.844 bits per heavy atom. The number of carbonyl (C=O) groups excluding carboxylic acids is 2. The van der Waals surface area contributed by atoms with Gasteiger partial charge in [0.2, 0.25) is 5.91 Å². The van der Waals surface area contributed by atoms with E-state index in [1.165, 1.54) is 19.1 Å². The van der Waals surface area contributed by atoms with E-state index in [1.54, 1.807) is 24.3 Å². The number of amides is 2. The van der Waals surface area contributed by atoms with Gasteiger partial charge in [0, 0.05) is 22.2 Å². The summed E-state index contributed by atoms with van der Waals surface area (Å²) < 4.78 is 67.2. The molecule has 0 saturated carbocycles. The zero-order valence-corrected chi connectivity index (χ0v) is 17.2. The molecule has 0 aliphatic carbocycles. The van der Waals surface area contributed by atoms with Crippen LogP contribution in [0.15, 0.2) is 59.5 Å². The molecule has 4 nitrogen and oxygen atoms in total. The van der Waals surface area contributed by atoms with Crippen LogP contribution >= 0.6 is 11.8 Å². The molecule has 2 N–H and O–H groups in total. The number of carbonyl (C=O) groups is 2. The van der Waals surface area contributed by atoms with E-state index in [-0.39, 0.29) is 11.6 Å². The molecule has 1 atom stereocenters. The minimum atomic E-state index is -1.71. The summed E-state index contributed by atoms with van der Waals surface area (Å²) in [6.45, 7) is 1.43. The molecule has 0 saturated heterocycles. The molecular weight excluding hydrogens is 451 g/mol. The molecule has 3 aromatic carbocycles. The first-order valence-electron chi connectivity index (χ1n) is 9.13. The van der Waals surface area contributed by atoms with Gasteiger partial charge in [-0.05, 0) is 49.4 Å². The first-order valence-corrected chi connectivity index (χ1v) is 10.0. The number of anilines is 2. The molecule has 0 radical (unpaired) electrons. The zero-order valence-electron chi connectivity index (χ0n) is 16.4. The molecule has 3 aromatic rings. The summed E-state index contributed by atoms with van der Waals surface area (Å²) in [5.41, 5.74) is -0.579. The highest BCUT2D eigenvalue weighted by atomic mass is 32.2. The van der Waals surface area contributed by atoms with Gasteiger partial charge in [-0.2, -0.15) is 0 Å². The Morgan fingerprint density at radius 2 is 1.47 bits per heavy atom. The lowest BCUT2D eigenvalue weighted by Crippen LogP contribution is -2.24. The molecule has 0 heterocycles. The van der Waals surface area contributed by atoms with E-state index < -0.39 is 51.8 Å². The third-order valence-electron chi connectivity index (χ3n) is 4.24. The van der Waals surface area contributed by atoms with Crippen molar-refractivity contribution in [3.63, 3.8) is 0 Å². The Balaban J connectivity index is 1.68. The third-order valence-corrected chi connectivity index (χ3v) is 5.33. The Labute approximate surface area is 183 Å². The van der Waals surface area contributed by atoms with Gasteiger partial charge in [-0.3, -0.25) is 9.59 Å². The second-order valence-corrected chi connectivity index (χ2v) is 8.00. The van der Waals surface area contributed by atoms with Crippen molar-refractivity contribution in [2.45, 2.75) is 17.1 Å². The van der Waals surface area contributed by atoms with Gasteiger partial charge in [-0.25, -0.2) is 22.0 Å². The Bertz CT molecular complexity index is 1150. The van der Waals surface area contributed by atoms with Gasteiger partial charge in [-0.15, -0.1) is 11.8 Å². The molecule has 0 aliphatic rings. The number of halogens is 5. The summed E-state index contributed by atoms with van der Waals surface area (Å²) in [7, 11) is 0. The van der Waals surface area contributed by atoms with Gasteiger partial charge in [0.15, 0.2) is 23.3 Å². The van der Waals surface area contributed by atoms with Crippen molar-refractivity contribution in [2.75, 3.05) is 10.6 Å². The predicted octanol–water partition coefficient (Wildman–Crippen LogP) is 5.75. The highest BCUT2D eigenvalue weighted by molar-refractivity contribution is 8.00. The highest BCUT2D eigenvalue weighted by Gasteiger charge is 2.23. The van der Waals surface area contributed by atoms with Crippen molar-refractivity contribution >= 4 is 35.0 Å². The van der Waals surface area contributed by atoms with Crippen LogP contribution < -0.4 is 10.6 Å². The number of hydrogen-bond donors (Lipinski definition) is 2. The lowest BCUT2D eigenvalue weighted by Gasteiger charge is -2.14. The Morgan fingerprint density at radius 3 is 2.09 bits per heavy atom.